The average molecular weight is 297 g/mol. The van der Waals surface area contributed by atoms with Crippen LogP contribution in [0.2, 0.25) is 5.02 Å². The molecule has 6 heteroatoms. The Bertz CT molecular complexity index is 679. The smallest absolute Gasteiger partial charge is 0.176 e. The first-order valence-corrected chi connectivity index (χ1v) is 7.10. The Hall–Kier alpha value is -1.30. The number of hydrogen-bond donors (Lipinski definition) is 0. The summed E-state index contributed by atoms with van der Waals surface area (Å²) in [5, 5.41) is 3.14. The van der Waals surface area contributed by atoms with Crippen LogP contribution in [0.4, 0.5) is 4.39 Å². The first-order chi connectivity index (χ1) is 8.74. The van der Waals surface area contributed by atoms with Gasteiger partial charge < -0.3 is 0 Å². The predicted molar refractivity (Wildman–Crippen MR) is 73.6 cm³/mol. The molecule has 0 N–H and O–H groups in total. The van der Waals surface area contributed by atoms with Gasteiger partial charge in [-0.3, -0.25) is 0 Å². The molecule has 0 aliphatic rings. The summed E-state index contributed by atoms with van der Waals surface area (Å²) in [4.78, 5) is 5.38. The lowest BCUT2D eigenvalue weighted by Crippen LogP contribution is -1.86. The van der Waals surface area contributed by atoms with Crippen LogP contribution in [0.25, 0.3) is 21.3 Å². The lowest BCUT2D eigenvalue weighted by Gasteiger charge is -1.97. The fraction of sp³-hybridized carbons (Fsp3) is 0. The molecule has 0 atom stereocenters. The molecular formula is C12H6ClFN2S2. The van der Waals surface area contributed by atoms with Gasteiger partial charge in [0, 0.05) is 5.02 Å². The quantitative estimate of drug-likeness (QED) is 0.683. The van der Waals surface area contributed by atoms with E-state index in [9.17, 15) is 4.39 Å². The highest BCUT2D eigenvalue weighted by molar-refractivity contribution is 7.18. The summed E-state index contributed by atoms with van der Waals surface area (Å²) in [6.45, 7) is 0. The van der Waals surface area contributed by atoms with Crippen molar-refractivity contribution < 1.29 is 4.39 Å². The first-order valence-electron chi connectivity index (χ1n) is 5.07. The number of aromatic nitrogens is 2. The molecule has 0 saturated carbocycles. The van der Waals surface area contributed by atoms with E-state index in [4.69, 9.17) is 11.6 Å². The van der Waals surface area contributed by atoms with E-state index in [1.807, 2.05) is 17.5 Å². The third kappa shape index (κ3) is 2.16. The summed E-state index contributed by atoms with van der Waals surface area (Å²) in [5.41, 5.74) is 0.374. The third-order valence-electron chi connectivity index (χ3n) is 2.33. The Kier molecular flexibility index (Phi) is 3.11. The van der Waals surface area contributed by atoms with E-state index >= 15 is 0 Å². The molecule has 18 heavy (non-hydrogen) atoms. The molecule has 1 aromatic carbocycles. The third-order valence-corrected chi connectivity index (χ3v) is 4.32. The molecule has 3 rings (SSSR count). The molecule has 0 saturated heterocycles. The molecule has 0 amide bonds. The lowest BCUT2D eigenvalue weighted by molar-refractivity contribution is 0.630. The number of hydrogen-bond acceptors (Lipinski definition) is 4. The topological polar surface area (TPSA) is 25.8 Å². The van der Waals surface area contributed by atoms with E-state index in [2.05, 4.69) is 9.36 Å². The zero-order valence-electron chi connectivity index (χ0n) is 8.93. The molecule has 0 bridgehead atoms. The Labute approximate surface area is 116 Å². The fourth-order valence-electron chi connectivity index (χ4n) is 1.50. The molecular weight excluding hydrogens is 291 g/mol. The van der Waals surface area contributed by atoms with Gasteiger partial charge in [-0.2, -0.15) is 4.37 Å². The van der Waals surface area contributed by atoms with Crippen molar-refractivity contribution in [3.05, 3.63) is 46.6 Å². The number of rotatable bonds is 2. The highest BCUT2D eigenvalue weighted by Crippen LogP contribution is 2.30. The Morgan fingerprint density at radius 2 is 2.11 bits per heavy atom. The maximum Gasteiger partial charge on any atom is 0.176 e. The van der Waals surface area contributed by atoms with Gasteiger partial charge >= 0.3 is 0 Å². The van der Waals surface area contributed by atoms with Crippen molar-refractivity contribution in [1.82, 2.24) is 9.36 Å². The van der Waals surface area contributed by atoms with Gasteiger partial charge in [-0.05, 0) is 41.2 Å². The van der Waals surface area contributed by atoms with Crippen LogP contribution in [0.5, 0.6) is 0 Å². The SMILES string of the molecule is Fc1cc(Cl)ccc1-c1nsc(-c2cccs2)n1. The van der Waals surface area contributed by atoms with Crippen LogP contribution in [-0.2, 0) is 0 Å². The highest BCUT2D eigenvalue weighted by Gasteiger charge is 2.13. The van der Waals surface area contributed by atoms with Crippen molar-refractivity contribution in [2.75, 3.05) is 0 Å². The van der Waals surface area contributed by atoms with Gasteiger partial charge in [-0.15, -0.1) is 11.3 Å². The van der Waals surface area contributed by atoms with Crippen LogP contribution in [0.3, 0.4) is 0 Å². The summed E-state index contributed by atoms with van der Waals surface area (Å²) >= 11 is 8.56. The normalized spacial score (nSPS) is 10.8. The Morgan fingerprint density at radius 3 is 2.83 bits per heavy atom. The molecule has 0 fully saturated rings. The van der Waals surface area contributed by atoms with Crippen molar-refractivity contribution in [3.8, 4) is 21.3 Å². The summed E-state index contributed by atoms with van der Waals surface area (Å²) in [6, 6.07) is 8.41. The van der Waals surface area contributed by atoms with Crippen molar-refractivity contribution >= 4 is 34.5 Å². The Balaban J connectivity index is 2.03. The fourth-order valence-corrected chi connectivity index (χ4v) is 3.12. The van der Waals surface area contributed by atoms with Crippen LogP contribution in [-0.4, -0.2) is 9.36 Å². The highest BCUT2D eigenvalue weighted by atomic mass is 35.5. The summed E-state index contributed by atoms with van der Waals surface area (Å²) < 4.78 is 17.9. The second-order valence-electron chi connectivity index (χ2n) is 3.52. The second-order valence-corrected chi connectivity index (χ2v) is 5.66. The first kappa shape index (κ1) is 11.8. The van der Waals surface area contributed by atoms with Gasteiger partial charge in [0.2, 0.25) is 0 Å². The number of thiophene rings is 1. The van der Waals surface area contributed by atoms with Gasteiger partial charge in [0.1, 0.15) is 5.82 Å². The van der Waals surface area contributed by atoms with Crippen molar-refractivity contribution in [1.29, 1.82) is 0 Å². The minimum absolute atomic E-state index is 0.366. The second kappa shape index (κ2) is 4.76. The number of benzene rings is 1. The maximum absolute atomic E-state index is 13.7. The average Bonchev–Trinajstić information content (AvgIpc) is 2.99. The Morgan fingerprint density at radius 1 is 1.22 bits per heavy atom. The lowest BCUT2D eigenvalue weighted by atomic mass is 10.2. The monoisotopic (exact) mass is 296 g/mol. The zero-order valence-corrected chi connectivity index (χ0v) is 11.3. The van der Waals surface area contributed by atoms with Crippen molar-refractivity contribution in [3.63, 3.8) is 0 Å². The van der Waals surface area contributed by atoms with E-state index in [1.54, 1.807) is 23.5 Å². The largest absolute Gasteiger partial charge is 0.214 e. The van der Waals surface area contributed by atoms with Crippen LogP contribution >= 0.6 is 34.5 Å². The molecule has 0 spiro atoms. The van der Waals surface area contributed by atoms with Crippen LogP contribution < -0.4 is 0 Å². The molecule has 2 heterocycles. The van der Waals surface area contributed by atoms with Crippen molar-refractivity contribution in [2.45, 2.75) is 0 Å². The van der Waals surface area contributed by atoms with Gasteiger partial charge in [0.25, 0.3) is 0 Å². The molecule has 0 radical (unpaired) electrons. The van der Waals surface area contributed by atoms with E-state index < -0.39 is 5.82 Å². The van der Waals surface area contributed by atoms with Crippen molar-refractivity contribution in [2.24, 2.45) is 0 Å². The minimum atomic E-state index is -0.405. The van der Waals surface area contributed by atoms with E-state index in [0.29, 0.717) is 16.4 Å². The predicted octanol–water partition coefficient (Wildman–Crippen LogP) is 4.73. The van der Waals surface area contributed by atoms with Crippen LogP contribution in [0, 0.1) is 5.82 Å². The molecule has 2 aromatic heterocycles. The zero-order chi connectivity index (χ0) is 12.5. The van der Waals surface area contributed by atoms with E-state index in [0.717, 1.165) is 9.88 Å². The van der Waals surface area contributed by atoms with Gasteiger partial charge in [-0.1, -0.05) is 17.7 Å². The molecule has 0 unspecified atom stereocenters. The van der Waals surface area contributed by atoms with E-state index in [1.165, 1.54) is 17.6 Å². The minimum Gasteiger partial charge on any atom is -0.214 e. The van der Waals surface area contributed by atoms with Gasteiger partial charge in [-0.25, -0.2) is 9.37 Å². The molecule has 2 nitrogen and oxygen atoms in total. The standard InChI is InChI=1S/C12H6ClFN2S2/c13-7-3-4-8(9(14)6-7)11-15-12(18-16-11)10-2-1-5-17-10/h1-6H. The van der Waals surface area contributed by atoms with Crippen LogP contribution in [0.1, 0.15) is 0 Å². The molecule has 3 aromatic rings. The number of halogens is 2. The van der Waals surface area contributed by atoms with Gasteiger partial charge in [0.15, 0.2) is 10.8 Å². The summed E-state index contributed by atoms with van der Waals surface area (Å²) in [5.74, 6) is -0.00408. The van der Waals surface area contributed by atoms with Gasteiger partial charge in [0.05, 0.1) is 10.4 Å². The van der Waals surface area contributed by atoms with Crippen LogP contribution in [0.15, 0.2) is 35.7 Å². The molecule has 90 valence electrons. The van der Waals surface area contributed by atoms with E-state index in [-0.39, 0.29) is 0 Å². The molecule has 0 aliphatic heterocycles. The number of nitrogens with zero attached hydrogens (tertiary/aromatic N) is 2. The summed E-state index contributed by atoms with van der Waals surface area (Å²) in [6.07, 6.45) is 0. The molecule has 0 aliphatic carbocycles. The summed E-state index contributed by atoms with van der Waals surface area (Å²) in [7, 11) is 0. The maximum atomic E-state index is 13.7.